The Morgan fingerprint density at radius 2 is 1.33 bits per heavy atom. The summed E-state index contributed by atoms with van der Waals surface area (Å²) < 4.78 is 8.82. The summed E-state index contributed by atoms with van der Waals surface area (Å²) in [6.45, 7) is -0.743. The van der Waals surface area contributed by atoms with E-state index >= 15 is 0 Å². The number of piperazine rings is 1. The van der Waals surface area contributed by atoms with Crippen LogP contribution in [-0.2, 0) is 14.4 Å². The van der Waals surface area contributed by atoms with Gasteiger partial charge in [-0.2, -0.15) is 0 Å². The van der Waals surface area contributed by atoms with Crippen molar-refractivity contribution < 1.29 is 38.1 Å². The van der Waals surface area contributed by atoms with Gasteiger partial charge in [0.1, 0.15) is 12.6 Å². The lowest BCUT2D eigenvalue weighted by molar-refractivity contribution is -0.155. The topological polar surface area (TPSA) is 278 Å². The molecule has 7 N–H and O–H groups in total. The lowest BCUT2D eigenvalue weighted by atomic mass is 10.0. The van der Waals surface area contributed by atoms with Crippen LogP contribution in [0.2, 0.25) is 0 Å². The average molecular weight is 679 g/mol. The number of aliphatic carboxylic acids is 1. The number of nitrogens with one attached hydrogen (secondary N) is 6. The highest BCUT2D eigenvalue weighted by Crippen LogP contribution is 2.18. The molecule has 0 unspecified atom stereocenters. The Balaban J connectivity index is 1.13. The number of hydrogen-bond acceptors (Lipinski definition) is 13. The van der Waals surface area contributed by atoms with Crippen molar-refractivity contribution in [3.8, 4) is 0 Å². The van der Waals surface area contributed by atoms with Crippen LogP contribution in [-0.4, -0.2) is 104 Å². The fraction of sp³-hybridized carbons (Fsp3) is 0.276. The van der Waals surface area contributed by atoms with E-state index in [2.05, 4.69) is 50.6 Å². The van der Waals surface area contributed by atoms with Gasteiger partial charge in [-0.15, -0.1) is 0 Å². The first-order valence-electron chi connectivity index (χ1n) is 14.8. The van der Waals surface area contributed by atoms with E-state index in [1.54, 1.807) is 36.4 Å². The number of aromatic amines is 2. The fourth-order valence-electron chi connectivity index (χ4n) is 4.95. The van der Waals surface area contributed by atoms with Crippen molar-refractivity contribution in [2.45, 2.75) is 18.9 Å². The van der Waals surface area contributed by atoms with E-state index in [1.165, 1.54) is 17.0 Å². The van der Waals surface area contributed by atoms with Gasteiger partial charge < -0.3 is 36.2 Å². The number of carboxylic acids is 1. The summed E-state index contributed by atoms with van der Waals surface area (Å²) in [5.41, 5.74) is 1.62. The Morgan fingerprint density at radius 3 is 1.82 bits per heavy atom. The Kier molecular flexibility index (Phi) is 10.5. The fourth-order valence-corrected chi connectivity index (χ4v) is 4.95. The van der Waals surface area contributed by atoms with E-state index in [0.29, 0.717) is 16.9 Å². The van der Waals surface area contributed by atoms with Crippen molar-refractivity contribution in [1.29, 1.82) is 0 Å². The van der Waals surface area contributed by atoms with Crippen LogP contribution in [0.1, 0.15) is 33.6 Å². The van der Waals surface area contributed by atoms with Gasteiger partial charge in [0.05, 0.1) is 6.54 Å². The van der Waals surface area contributed by atoms with Gasteiger partial charge in [0.15, 0.2) is 0 Å². The van der Waals surface area contributed by atoms with Crippen molar-refractivity contribution in [2.75, 3.05) is 43.4 Å². The van der Waals surface area contributed by atoms with Crippen LogP contribution in [0.25, 0.3) is 0 Å². The number of carbonyl (C=O) groups excluding carboxylic acids is 4. The molecule has 2 aromatic heterocycles. The first-order valence-corrected chi connectivity index (χ1v) is 14.8. The largest absolute Gasteiger partial charge is 0.480 e. The molecule has 1 aliphatic rings. The number of carbonyl (C=O) groups is 5. The minimum absolute atomic E-state index is 0.000890. The summed E-state index contributed by atoms with van der Waals surface area (Å²) in [5, 5.41) is 27.1. The molecule has 20 heteroatoms. The number of hydrogen-bond donors (Lipinski definition) is 7. The molecular formula is C29H30N10O10. The lowest BCUT2D eigenvalue weighted by Gasteiger charge is -2.40. The number of benzene rings is 2. The third-order valence-electron chi connectivity index (χ3n) is 7.27. The van der Waals surface area contributed by atoms with Gasteiger partial charge in [-0.05, 0) is 71.7 Å². The van der Waals surface area contributed by atoms with Gasteiger partial charge in [0.2, 0.25) is 23.7 Å². The Hall–Kier alpha value is -6.73. The molecule has 49 heavy (non-hydrogen) atoms. The van der Waals surface area contributed by atoms with Gasteiger partial charge in [-0.3, -0.25) is 43.0 Å². The molecule has 2 aromatic carbocycles. The van der Waals surface area contributed by atoms with E-state index < -0.39 is 60.2 Å². The van der Waals surface area contributed by atoms with Crippen LogP contribution in [0.15, 0.2) is 67.2 Å². The van der Waals surface area contributed by atoms with Gasteiger partial charge >= 0.3 is 17.5 Å². The zero-order chi connectivity index (χ0) is 34.9. The molecule has 1 saturated heterocycles. The van der Waals surface area contributed by atoms with Crippen molar-refractivity contribution >= 4 is 52.9 Å². The molecular weight excluding hydrogens is 648 g/mol. The monoisotopic (exact) mass is 678 g/mol. The predicted molar refractivity (Wildman–Crippen MR) is 167 cm³/mol. The van der Waals surface area contributed by atoms with E-state index in [4.69, 9.17) is 0 Å². The summed E-state index contributed by atoms with van der Waals surface area (Å²) in [5.74, 6) is -4.51. The van der Waals surface area contributed by atoms with E-state index in [9.17, 15) is 38.7 Å². The zero-order valence-electron chi connectivity index (χ0n) is 25.6. The van der Waals surface area contributed by atoms with Crippen LogP contribution < -0.4 is 32.8 Å². The summed E-state index contributed by atoms with van der Waals surface area (Å²) in [7, 11) is 0. The SMILES string of the molecule is O=C(O)CN1CCN(C(=O)CNC(=O)c2ccc(Nc3noc(=O)[nH]3)cc2)[C@@H](CCCNC(=O)c2ccc(Nc3noc(=O)[nH]3)cc2)C1=O. The van der Waals surface area contributed by atoms with Crippen molar-refractivity contribution in [2.24, 2.45) is 0 Å². The molecule has 1 atom stereocenters. The molecule has 0 bridgehead atoms. The maximum atomic E-state index is 13.2. The molecule has 1 aliphatic heterocycles. The van der Waals surface area contributed by atoms with Crippen LogP contribution in [0.3, 0.4) is 0 Å². The average Bonchev–Trinajstić information content (AvgIpc) is 3.69. The number of amides is 4. The highest BCUT2D eigenvalue weighted by molar-refractivity contribution is 5.98. The molecule has 20 nitrogen and oxygen atoms in total. The number of aromatic nitrogens is 4. The van der Waals surface area contributed by atoms with Gasteiger partial charge in [0, 0.05) is 42.1 Å². The van der Waals surface area contributed by atoms with Gasteiger partial charge in [-0.1, -0.05) is 0 Å². The number of nitrogens with zero attached hydrogens (tertiary/aromatic N) is 4. The second-order valence-electron chi connectivity index (χ2n) is 10.6. The number of H-pyrrole nitrogens is 2. The quantitative estimate of drug-likeness (QED) is 0.0836. The smallest absolute Gasteiger partial charge is 0.440 e. The van der Waals surface area contributed by atoms with Crippen LogP contribution in [0.5, 0.6) is 0 Å². The first kappa shape index (κ1) is 33.6. The predicted octanol–water partition coefficient (Wildman–Crippen LogP) is -0.410. The Morgan fingerprint density at radius 1 is 0.796 bits per heavy atom. The maximum absolute atomic E-state index is 13.2. The molecule has 4 amide bonds. The van der Waals surface area contributed by atoms with E-state index in [0.717, 1.165) is 4.90 Å². The molecule has 0 radical (unpaired) electrons. The van der Waals surface area contributed by atoms with Gasteiger partial charge in [-0.25, -0.2) is 9.59 Å². The molecule has 0 aliphatic carbocycles. The standard InChI is InChI=1S/C29H30N10O10/c40-21(14-31-24(44)17-5-9-19(10-6-17)33-27-35-29(47)49-37-27)39-13-12-38(15-22(41)42)25(45)20(39)2-1-11-30-23(43)16-3-7-18(8-4-16)32-26-34-28(46)48-36-26/h3-10,20H,1-2,11-15H2,(H,30,43)(H,31,44)(H,41,42)(H2,32,34,36,46)(H2,33,35,37,47)/t20-/m0/s1. The van der Waals surface area contributed by atoms with Crippen molar-refractivity contribution in [3.05, 3.63) is 80.8 Å². The molecule has 4 aromatic rings. The second-order valence-corrected chi connectivity index (χ2v) is 10.6. The van der Waals surface area contributed by atoms with E-state index in [1.807, 2.05) is 0 Å². The van der Waals surface area contributed by atoms with E-state index in [-0.39, 0.29) is 49.9 Å². The molecule has 0 saturated carbocycles. The van der Waals surface area contributed by atoms with Crippen LogP contribution >= 0.6 is 0 Å². The van der Waals surface area contributed by atoms with Crippen molar-refractivity contribution in [1.82, 2.24) is 40.7 Å². The third-order valence-corrected chi connectivity index (χ3v) is 7.27. The Labute approximate surface area is 274 Å². The number of rotatable bonds is 14. The van der Waals surface area contributed by atoms with Crippen LogP contribution in [0.4, 0.5) is 23.3 Å². The second kappa shape index (κ2) is 15.2. The molecule has 1 fully saturated rings. The molecule has 0 spiro atoms. The highest BCUT2D eigenvalue weighted by atomic mass is 16.5. The summed E-state index contributed by atoms with van der Waals surface area (Å²) >= 11 is 0. The minimum atomic E-state index is -1.20. The highest BCUT2D eigenvalue weighted by Gasteiger charge is 2.37. The summed E-state index contributed by atoms with van der Waals surface area (Å²) in [6, 6.07) is 11.4. The number of anilines is 4. The van der Waals surface area contributed by atoms with Gasteiger partial charge in [0.25, 0.3) is 11.8 Å². The lowest BCUT2D eigenvalue weighted by Crippen LogP contribution is -2.60. The maximum Gasteiger partial charge on any atom is 0.440 e. The molecule has 3 heterocycles. The van der Waals surface area contributed by atoms with Crippen LogP contribution in [0, 0.1) is 0 Å². The zero-order valence-corrected chi connectivity index (χ0v) is 25.6. The summed E-state index contributed by atoms with van der Waals surface area (Å²) in [4.78, 5) is 92.4. The third kappa shape index (κ3) is 8.96. The van der Waals surface area contributed by atoms with Crippen molar-refractivity contribution in [3.63, 3.8) is 0 Å². The molecule has 256 valence electrons. The normalized spacial score (nSPS) is 14.3. The number of carboxylic acid groups (broad SMARTS) is 1. The first-order chi connectivity index (χ1) is 23.5. The summed E-state index contributed by atoms with van der Waals surface area (Å²) in [6.07, 6.45) is 0.403. The molecule has 5 rings (SSSR count). The minimum Gasteiger partial charge on any atom is -0.480 e. The Bertz CT molecular complexity index is 1930.